The molecule has 0 spiro atoms. The molecule has 0 saturated heterocycles. The minimum absolute atomic E-state index is 0.149. The summed E-state index contributed by atoms with van der Waals surface area (Å²) in [6, 6.07) is -0.149. The van der Waals surface area contributed by atoms with Crippen LogP contribution in [0, 0.1) is 5.92 Å². The predicted molar refractivity (Wildman–Crippen MR) is 75.2 cm³/mol. The molecule has 0 aromatic rings. The second kappa shape index (κ2) is 9.72. The SMILES string of the molecule is CCCNCCCS(=O)(=O)NC(COC)C(C)C. The molecule has 0 rings (SSSR count). The molecular weight excluding hydrogens is 252 g/mol. The molecule has 0 aliphatic rings. The zero-order valence-electron chi connectivity index (χ0n) is 12.0. The second-order valence-corrected chi connectivity index (χ2v) is 6.72. The first kappa shape index (κ1) is 17.8. The number of rotatable bonds is 11. The predicted octanol–water partition coefficient (Wildman–Crippen LogP) is 0.967. The van der Waals surface area contributed by atoms with Crippen LogP contribution in [0.15, 0.2) is 0 Å². The fraction of sp³-hybridized carbons (Fsp3) is 1.00. The van der Waals surface area contributed by atoms with Crippen molar-refractivity contribution in [3.63, 3.8) is 0 Å². The van der Waals surface area contributed by atoms with Gasteiger partial charge in [-0.25, -0.2) is 13.1 Å². The van der Waals surface area contributed by atoms with Gasteiger partial charge >= 0.3 is 0 Å². The van der Waals surface area contributed by atoms with Crippen molar-refractivity contribution in [2.45, 2.75) is 39.7 Å². The van der Waals surface area contributed by atoms with Gasteiger partial charge in [-0.3, -0.25) is 0 Å². The average Bonchev–Trinajstić information content (AvgIpc) is 2.27. The zero-order chi connectivity index (χ0) is 14.0. The Labute approximate surface area is 112 Å². The Morgan fingerprint density at radius 2 is 1.89 bits per heavy atom. The minimum Gasteiger partial charge on any atom is -0.383 e. The lowest BCUT2D eigenvalue weighted by molar-refractivity contribution is 0.157. The molecule has 2 N–H and O–H groups in total. The van der Waals surface area contributed by atoms with Crippen molar-refractivity contribution >= 4 is 10.0 Å². The van der Waals surface area contributed by atoms with Crippen LogP contribution in [0.5, 0.6) is 0 Å². The van der Waals surface area contributed by atoms with Crippen molar-refractivity contribution < 1.29 is 13.2 Å². The van der Waals surface area contributed by atoms with E-state index in [2.05, 4.69) is 17.0 Å². The van der Waals surface area contributed by atoms with Gasteiger partial charge in [-0.2, -0.15) is 0 Å². The molecule has 18 heavy (non-hydrogen) atoms. The van der Waals surface area contributed by atoms with Crippen LogP contribution >= 0.6 is 0 Å². The molecule has 0 heterocycles. The van der Waals surface area contributed by atoms with Gasteiger partial charge in [-0.05, 0) is 31.8 Å². The lowest BCUT2D eigenvalue weighted by Crippen LogP contribution is -2.42. The van der Waals surface area contributed by atoms with E-state index < -0.39 is 10.0 Å². The molecule has 1 atom stereocenters. The van der Waals surface area contributed by atoms with Gasteiger partial charge in [0.05, 0.1) is 12.4 Å². The van der Waals surface area contributed by atoms with E-state index in [9.17, 15) is 8.42 Å². The van der Waals surface area contributed by atoms with Crippen LogP contribution in [0.3, 0.4) is 0 Å². The molecule has 110 valence electrons. The standard InChI is InChI=1S/C12H28N2O3S/c1-5-7-13-8-6-9-18(15,16)14-12(10-17-4)11(2)3/h11-14H,5-10H2,1-4H3. The maximum atomic E-state index is 11.9. The van der Waals surface area contributed by atoms with E-state index in [-0.39, 0.29) is 17.7 Å². The third-order valence-electron chi connectivity index (χ3n) is 2.68. The van der Waals surface area contributed by atoms with Crippen molar-refractivity contribution in [3.05, 3.63) is 0 Å². The number of methoxy groups -OCH3 is 1. The summed E-state index contributed by atoms with van der Waals surface area (Å²) in [7, 11) is -1.62. The molecule has 0 aromatic carbocycles. The second-order valence-electron chi connectivity index (χ2n) is 4.85. The lowest BCUT2D eigenvalue weighted by Gasteiger charge is -2.21. The zero-order valence-corrected chi connectivity index (χ0v) is 12.8. The largest absolute Gasteiger partial charge is 0.383 e. The molecule has 0 fully saturated rings. The number of ether oxygens (including phenoxy) is 1. The molecule has 0 aliphatic heterocycles. The Morgan fingerprint density at radius 3 is 2.39 bits per heavy atom. The van der Waals surface area contributed by atoms with Crippen LogP contribution in [-0.4, -0.2) is 47.0 Å². The molecule has 0 aliphatic carbocycles. The van der Waals surface area contributed by atoms with E-state index in [0.717, 1.165) is 19.5 Å². The van der Waals surface area contributed by atoms with Gasteiger partial charge in [0.1, 0.15) is 0 Å². The lowest BCUT2D eigenvalue weighted by atomic mass is 10.1. The van der Waals surface area contributed by atoms with Gasteiger partial charge in [0.25, 0.3) is 0 Å². The van der Waals surface area contributed by atoms with E-state index >= 15 is 0 Å². The minimum atomic E-state index is -3.21. The van der Waals surface area contributed by atoms with Gasteiger partial charge in [0.2, 0.25) is 10.0 Å². The number of hydrogen-bond donors (Lipinski definition) is 2. The van der Waals surface area contributed by atoms with Gasteiger partial charge in [-0.1, -0.05) is 20.8 Å². The maximum absolute atomic E-state index is 11.9. The van der Waals surface area contributed by atoms with Crippen LogP contribution < -0.4 is 10.0 Å². The molecule has 6 heteroatoms. The maximum Gasteiger partial charge on any atom is 0.211 e. The summed E-state index contributed by atoms with van der Waals surface area (Å²) in [6.07, 6.45) is 1.70. The first-order chi connectivity index (χ1) is 8.43. The Morgan fingerprint density at radius 1 is 1.22 bits per heavy atom. The summed E-state index contributed by atoms with van der Waals surface area (Å²) >= 11 is 0. The van der Waals surface area contributed by atoms with E-state index in [1.807, 2.05) is 13.8 Å². The van der Waals surface area contributed by atoms with Crippen LogP contribution in [0.1, 0.15) is 33.6 Å². The van der Waals surface area contributed by atoms with Crippen molar-refractivity contribution in [3.8, 4) is 0 Å². The van der Waals surface area contributed by atoms with Crippen LogP contribution in [0.25, 0.3) is 0 Å². The van der Waals surface area contributed by atoms with Gasteiger partial charge < -0.3 is 10.1 Å². The molecular formula is C12H28N2O3S. The smallest absolute Gasteiger partial charge is 0.211 e. The monoisotopic (exact) mass is 280 g/mol. The molecule has 0 bridgehead atoms. The number of hydrogen-bond acceptors (Lipinski definition) is 4. The first-order valence-electron chi connectivity index (χ1n) is 6.62. The van der Waals surface area contributed by atoms with E-state index in [4.69, 9.17) is 4.74 Å². The fourth-order valence-electron chi connectivity index (χ4n) is 1.52. The highest BCUT2D eigenvalue weighted by atomic mass is 32.2. The normalized spacial score (nSPS) is 14.1. The van der Waals surface area contributed by atoms with Crippen molar-refractivity contribution in [1.29, 1.82) is 0 Å². The number of sulfonamides is 1. The third-order valence-corrected chi connectivity index (χ3v) is 4.16. The summed E-state index contributed by atoms with van der Waals surface area (Å²) in [5, 5.41) is 3.19. The summed E-state index contributed by atoms with van der Waals surface area (Å²) in [5.41, 5.74) is 0. The Hall–Kier alpha value is -0.170. The average molecular weight is 280 g/mol. The van der Waals surface area contributed by atoms with Crippen molar-refractivity contribution in [2.24, 2.45) is 5.92 Å². The van der Waals surface area contributed by atoms with Crippen molar-refractivity contribution in [2.75, 3.05) is 32.6 Å². The summed E-state index contributed by atoms with van der Waals surface area (Å²) in [5.74, 6) is 0.384. The van der Waals surface area contributed by atoms with Gasteiger partial charge in [-0.15, -0.1) is 0 Å². The Kier molecular flexibility index (Phi) is 9.63. The third kappa shape index (κ3) is 8.85. The van der Waals surface area contributed by atoms with Gasteiger partial charge in [0.15, 0.2) is 0 Å². The Balaban J connectivity index is 4.04. The van der Waals surface area contributed by atoms with E-state index in [1.165, 1.54) is 0 Å². The molecule has 1 unspecified atom stereocenters. The molecule has 0 aromatic heterocycles. The van der Waals surface area contributed by atoms with Gasteiger partial charge in [0, 0.05) is 13.2 Å². The fourth-order valence-corrected chi connectivity index (χ4v) is 2.96. The molecule has 0 saturated carbocycles. The quantitative estimate of drug-likeness (QED) is 0.553. The highest BCUT2D eigenvalue weighted by Gasteiger charge is 2.20. The summed E-state index contributed by atoms with van der Waals surface area (Å²) < 4.78 is 31.5. The van der Waals surface area contributed by atoms with E-state index in [0.29, 0.717) is 13.0 Å². The van der Waals surface area contributed by atoms with Crippen molar-refractivity contribution in [1.82, 2.24) is 10.0 Å². The molecule has 0 amide bonds. The summed E-state index contributed by atoms with van der Waals surface area (Å²) in [4.78, 5) is 0. The summed E-state index contributed by atoms with van der Waals surface area (Å²) in [6.45, 7) is 8.13. The number of nitrogens with one attached hydrogen (secondary N) is 2. The Bertz CT molecular complexity index is 292. The highest BCUT2D eigenvalue weighted by molar-refractivity contribution is 7.89. The molecule has 0 radical (unpaired) electrons. The van der Waals surface area contributed by atoms with Crippen LogP contribution in [-0.2, 0) is 14.8 Å². The topological polar surface area (TPSA) is 67.4 Å². The van der Waals surface area contributed by atoms with E-state index in [1.54, 1.807) is 7.11 Å². The first-order valence-corrected chi connectivity index (χ1v) is 8.27. The van der Waals surface area contributed by atoms with Crippen LogP contribution in [0.2, 0.25) is 0 Å². The highest BCUT2D eigenvalue weighted by Crippen LogP contribution is 2.04. The van der Waals surface area contributed by atoms with Crippen LogP contribution in [0.4, 0.5) is 0 Å². The molecule has 5 nitrogen and oxygen atoms in total.